The van der Waals surface area contributed by atoms with Crippen molar-refractivity contribution in [3.05, 3.63) is 16.1 Å². The van der Waals surface area contributed by atoms with Crippen molar-refractivity contribution in [2.45, 2.75) is 13.3 Å². The molecule has 5 nitrogen and oxygen atoms in total. The van der Waals surface area contributed by atoms with Gasteiger partial charge in [0, 0.05) is 44.7 Å². The predicted molar refractivity (Wildman–Crippen MR) is 87.2 cm³/mol. The van der Waals surface area contributed by atoms with Gasteiger partial charge in [-0.25, -0.2) is 4.98 Å². The summed E-state index contributed by atoms with van der Waals surface area (Å²) in [5.74, 6) is 0.801. The van der Waals surface area contributed by atoms with Crippen molar-refractivity contribution in [1.29, 1.82) is 0 Å². The van der Waals surface area contributed by atoms with Crippen LogP contribution in [-0.2, 0) is 11.2 Å². The van der Waals surface area contributed by atoms with E-state index in [-0.39, 0.29) is 24.0 Å². The second-order valence-corrected chi connectivity index (χ2v) is 4.85. The summed E-state index contributed by atoms with van der Waals surface area (Å²) < 4.78 is 4.96. The minimum atomic E-state index is 0. The third kappa shape index (κ3) is 7.12. The topological polar surface area (TPSA) is 58.5 Å². The number of hydrogen-bond acceptors (Lipinski definition) is 4. The Morgan fingerprint density at radius 1 is 1.44 bits per heavy atom. The number of aliphatic imine (C=N–C) groups is 1. The van der Waals surface area contributed by atoms with Crippen molar-refractivity contribution >= 4 is 41.3 Å². The normalized spacial score (nSPS) is 10.9. The van der Waals surface area contributed by atoms with Crippen LogP contribution in [0, 0.1) is 6.92 Å². The molecule has 0 spiro atoms. The van der Waals surface area contributed by atoms with Gasteiger partial charge >= 0.3 is 0 Å². The number of halogens is 1. The zero-order valence-electron chi connectivity index (χ0n) is 11.0. The quantitative estimate of drug-likeness (QED) is 0.337. The van der Waals surface area contributed by atoms with Crippen molar-refractivity contribution < 1.29 is 4.74 Å². The average Bonchev–Trinajstić information content (AvgIpc) is 2.73. The zero-order chi connectivity index (χ0) is 12.5. The number of aryl methyl sites for hydroxylation is 1. The molecule has 0 fully saturated rings. The minimum Gasteiger partial charge on any atom is -0.383 e. The van der Waals surface area contributed by atoms with Gasteiger partial charge in [0.05, 0.1) is 11.6 Å². The summed E-state index contributed by atoms with van der Waals surface area (Å²) in [5.41, 5.74) is 0. The molecule has 0 aliphatic heterocycles. The largest absolute Gasteiger partial charge is 0.383 e. The molecule has 0 aliphatic carbocycles. The third-order valence-corrected chi connectivity index (χ3v) is 3.10. The van der Waals surface area contributed by atoms with Crippen molar-refractivity contribution in [3.63, 3.8) is 0 Å². The lowest BCUT2D eigenvalue weighted by Gasteiger charge is -2.10. The van der Waals surface area contributed by atoms with Crippen molar-refractivity contribution in [2.24, 2.45) is 4.99 Å². The van der Waals surface area contributed by atoms with E-state index >= 15 is 0 Å². The molecule has 2 N–H and O–H groups in total. The molecule has 1 aromatic heterocycles. The molecular formula is C11H21IN4OS. The van der Waals surface area contributed by atoms with Crippen LogP contribution >= 0.6 is 35.3 Å². The predicted octanol–water partition coefficient (Wildman–Crippen LogP) is 1.42. The SMILES string of the molecule is CN=C(NCCOC)NCCc1ncc(C)s1.I. The van der Waals surface area contributed by atoms with Gasteiger partial charge in [0.25, 0.3) is 0 Å². The molecule has 0 atom stereocenters. The van der Waals surface area contributed by atoms with Gasteiger partial charge in [-0.1, -0.05) is 0 Å². The average molecular weight is 384 g/mol. The Morgan fingerprint density at radius 3 is 2.72 bits per heavy atom. The molecule has 0 aliphatic rings. The van der Waals surface area contributed by atoms with Gasteiger partial charge in [-0.05, 0) is 6.92 Å². The van der Waals surface area contributed by atoms with Crippen LogP contribution in [-0.4, -0.2) is 44.8 Å². The van der Waals surface area contributed by atoms with Crippen LogP contribution in [0.2, 0.25) is 0 Å². The van der Waals surface area contributed by atoms with Crippen molar-refractivity contribution in [3.8, 4) is 0 Å². The Kier molecular flexibility index (Phi) is 10.3. The number of methoxy groups -OCH3 is 1. The lowest BCUT2D eigenvalue weighted by Crippen LogP contribution is -2.39. The summed E-state index contributed by atoms with van der Waals surface area (Å²) in [5, 5.41) is 7.55. The Labute approximate surface area is 129 Å². The summed E-state index contributed by atoms with van der Waals surface area (Å²) in [4.78, 5) is 9.68. The van der Waals surface area contributed by atoms with Gasteiger partial charge in [0.15, 0.2) is 5.96 Å². The van der Waals surface area contributed by atoms with Crippen LogP contribution in [0.15, 0.2) is 11.2 Å². The number of ether oxygens (including phenoxy) is 1. The molecule has 1 rings (SSSR count). The fourth-order valence-electron chi connectivity index (χ4n) is 1.30. The molecule has 1 aromatic rings. The molecule has 0 unspecified atom stereocenters. The van der Waals surface area contributed by atoms with Crippen molar-refractivity contribution in [1.82, 2.24) is 15.6 Å². The number of thiazole rings is 1. The summed E-state index contributed by atoms with van der Waals surface area (Å²) in [6.07, 6.45) is 2.83. The molecule has 1 heterocycles. The molecule has 104 valence electrons. The maximum Gasteiger partial charge on any atom is 0.191 e. The first-order chi connectivity index (χ1) is 8.26. The second kappa shape index (κ2) is 10.5. The molecule has 18 heavy (non-hydrogen) atoms. The first-order valence-corrected chi connectivity index (χ1v) is 6.42. The van der Waals surface area contributed by atoms with Gasteiger partial charge < -0.3 is 15.4 Å². The Morgan fingerprint density at radius 2 is 2.17 bits per heavy atom. The highest BCUT2D eigenvalue weighted by Gasteiger charge is 2.00. The maximum absolute atomic E-state index is 4.96. The van der Waals surface area contributed by atoms with Crippen molar-refractivity contribution in [2.75, 3.05) is 33.9 Å². The molecule has 0 amide bonds. The monoisotopic (exact) mass is 384 g/mol. The molecule has 7 heteroatoms. The van der Waals surface area contributed by atoms with Gasteiger partial charge in [-0.2, -0.15) is 0 Å². The van der Waals surface area contributed by atoms with Crippen LogP contribution in [0.3, 0.4) is 0 Å². The van der Waals surface area contributed by atoms with E-state index < -0.39 is 0 Å². The van der Waals surface area contributed by atoms with E-state index in [9.17, 15) is 0 Å². The van der Waals surface area contributed by atoms with E-state index in [2.05, 4.69) is 27.5 Å². The standard InChI is InChI=1S/C11H20N4OS.HI/c1-9-8-15-10(17-9)4-5-13-11(12-2)14-6-7-16-3;/h8H,4-7H2,1-3H3,(H2,12,13,14);1H. The van der Waals surface area contributed by atoms with Gasteiger partial charge in [-0.15, -0.1) is 35.3 Å². The fraction of sp³-hybridized carbons (Fsp3) is 0.636. The molecule has 0 saturated heterocycles. The highest BCUT2D eigenvalue weighted by molar-refractivity contribution is 14.0. The Bertz CT molecular complexity index is 357. The smallest absolute Gasteiger partial charge is 0.191 e. The fourth-order valence-corrected chi connectivity index (χ4v) is 2.08. The highest BCUT2D eigenvalue weighted by Crippen LogP contribution is 2.10. The number of nitrogens with one attached hydrogen (secondary N) is 2. The Hall–Kier alpha value is -0.410. The van der Waals surface area contributed by atoms with Gasteiger partial charge in [0.2, 0.25) is 0 Å². The first kappa shape index (κ1) is 17.6. The summed E-state index contributed by atoms with van der Waals surface area (Å²) in [7, 11) is 3.44. The minimum absolute atomic E-state index is 0. The molecule has 0 aromatic carbocycles. The summed E-state index contributed by atoms with van der Waals surface area (Å²) in [6, 6.07) is 0. The number of nitrogens with zero attached hydrogens (tertiary/aromatic N) is 2. The third-order valence-electron chi connectivity index (χ3n) is 2.12. The van der Waals surface area contributed by atoms with Gasteiger partial charge in [-0.3, -0.25) is 4.99 Å². The van der Waals surface area contributed by atoms with Crippen LogP contribution in [0.5, 0.6) is 0 Å². The summed E-state index contributed by atoms with van der Waals surface area (Å²) >= 11 is 1.74. The van der Waals surface area contributed by atoms with Crippen LogP contribution in [0.1, 0.15) is 9.88 Å². The van der Waals surface area contributed by atoms with Crippen LogP contribution in [0.25, 0.3) is 0 Å². The number of rotatable bonds is 6. The number of guanidine groups is 1. The maximum atomic E-state index is 4.96. The van der Waals surface area contributed by atoms with Crippen LogP contribution in [0.4, 0.5) is 0 Å². The lowest BCUT2D eigenvalue weighted by molar-refractivity contribution is 0.203. The van der Waals surface area contributed by atoms with Gasteiger partial charge in [0.1, 0.15) is 0 Å². The van der Waals surface area contributed by atoms with E-state index in [1.807, 2.05) is 6.20 Å². The second-order valence-electron chi connectivity index (χ2n) is 3.53. The van der Waals surface area contributed by atoms with Crippen LogP contribution < -0.4 is 10.6 Å². The van der Waals surface area contributed by atoms with E-state index in [0.29, 0.717) is 6.61 Å². The highest BCUT2D eigenvalue weighted by atomic mass is 127. The van der Waals surface area contributed by atoms with E-state index in [4.69, 9.17) is 4.74 Å². The zero-order valence-corrected chi connectivity index (χ0v) is 14.2. The van der Waals surface area contributed by atoms with E-state index in [1.54, 1.807) is 25.5 Å². The van der Waals surface area contributed by atoms with E-state index in [0.717, 1.165) is 30.5 Å². The molecular weight excluding hydrogens is 363 g/mol. The van der Waals surface area contributed by atoms with E-state index in [1.165, 1.54) is 4.88 Å². The molecule has 0 saturated carbocycles. The number of hydrogen-bond donors (Lipinski definition) is 2. The Balaban J connectivity index is 0.00000289. The lowest BCUT2D eigenvalue weighted by atomic mass is 10.4. The number of aromatic nitrogens is 1. The molecule has 0 bridgehead atoms. The molecule has 0 radical (unpaired) electrons. The summed E-state index contributed by atoms with van der Waals surface area (Å²) in [6.45, 7) is 4.33. The first-order valence-electron chi connectivity index (χ1n) is 5.61.